The summed E-state index contributed by atoms with van der Waals surface area (Å²) in [6.45, 7) is 4.06. The van der Waals surface area contributed by atoms with Crippen LogP contribution in [0.2, 0.25) is 5.15 Å². The van der Waals surface area contributed by atoms with Crippen molar-refractivity contribution in [3.63, 3.8) is 0 Å². The first-order chi connectivity index (χ1) is 4.24. The van der Waals surface area contributed by atoms with Crippen molar-refractivity contribution in [1.82, 2.24) is 4.98 Å². The van der Waals surface area contributed by atoms with Crippen LogP contribution in [0.1, 0.15) is 16.8 Å². The third kappa shape index (κ3) is 1.43. The normalized spacial score (nSPS) is 10.1. The van der Waals surface area contributed by atoms with E-state index in [1.54, 1.807) is 11.3 Å². The van der Waals surface area contributed by atoms with Crippen molar-refractivity contribution in [1.29, 1.82) is 0 Å². The molecule has 0 aliphatic carbocycles. The minimum absolute atomic E-state index is 0.664. The summed E-state index contributed by atoms with van der Waals surface area (Å²) in [5.41, 5.74) is 0. The molecule has 0 radical (unpaired) electrons. The van der Waals surface area contributed by atoms with Gasteiger partial charge in [0.1, 0.15) is 5.15 Å². The molecule has 3 heteroatoms. The Labute approximate surface area is 63.7 Å². The van der Waals surface area contributed by atoms with Crippen molar-refractivity contribution in [3.05, 3.63) is 15.0 Å². The Hall–Kier alpha value is -0.0800. The number of hydrogen-bond acceptors (Lipinski definition) is 2. The smallest absolute Gasteiger partial charge is 0.143 e. The van der Waals surface area contributed by atoms with Gasteiger partial charge >= 0.3 is 0 Å². The van der Waals surface area contributed by atoms with Crippen molar-refractivity contribution in [2.75, 3.05) is 0 Å². The molecular weight excluding hydrogens is 154 g/mol. The second-order valence-corrected chi connectivity index (χ2v) is 3.45. The molecule has 0 saturated heterocycles. The Bertz CT molecular complexity index is 187. The molecule has 9 heavy (non-hydrogen) atoms. The fourth-order valence-corrected chi connectivity index (χ4v) is 1.61. The van der Waals surface area contributed by atoms with Crippen LogP contribution in [0.3, 0.4) is 0 Å². The lowest BCUT2D eigenvalue weighted by Crippen LogP contribution is -1.72. The number of hydrogen-bond donors (Lipinski definition) is 0. The van der Waals surface area contributed by atoms with Gasteiger partial charge in [0.2, 0.25) is 0 Å². The van der Waals surface area contributed by atoms with Gasteiger partial charge in [0.25, 0.3) is 0 Å². The Kier molecular flexibility index (Phi) is 2.09. The van der Waals surface area contributed by atoms with Crippen molar-refractivity contribution in [2.24, 2.45) is 0 Å². The third-order valence-corrected chi connectivity index (χ3v) is 2.68. The summed E-state index contributed by atoms with van der Waals surface area (Å²) in [4.78, 5) is 5.23. The molecule has 1 aromatic heterocycles. The molecule has 0 bridgehead atoms. The minimum atomic E-state index is 0.664. The average molecular weight is 162 g/mol. The van der Waals surface area contributed by atoms with E-state index in [9.17, 15) is 0 Å². The summed E-state index contributed by atoms with van der Waals surface area (Å²) >= 11 is 7.38. The second kappa shape index (κ2) is 2.67. The molecule has 0 aliphatic rings. The van der Waals surface area contributed by atoms with E-state index in [1.807, 2.05) is 6.92 Å². The van der Waals surface area contributed by atoms with Gasteiger partial charge in [-0.1, -0.05) is 18.5 Å². The average Bonchev–Trinajstić information content (AvgIpc) is 2.13. The van der Waals surface area contributed by atoms with Crippen LogP contribution < -0.4 is 0 Å². The van der Waals surface area contributed by atoms with Gasteiger partial charge < -0.3 is 0 Å². The second-order valence-electron chi connectivity index (χ2n) is 1.81. The van der Waals surface area contributed by atoms with Gasteiger partial charge in [-0.2, -0.15) is 0 Å². The molecule has 0 fully saturated rings. The summed E-state index contributed by atoms with van der Waals surface area (Å²) in [7, 11) is 0. The molecule has 0 spiro atoms. The topological polar surface area (TPSA) is 12.9 Å². The molecule has 0 amide bonds. The largest absolute Gasteiger partial charge is 0.229 e. The van der Waals surface area contributed by atoms with Crippen LogP contribution in [-0.2, 0) is 6.42 Å². The number of aromatic nitrogens is 1. The molecule has 1 aromatic rings. The van der Waals surface area contributed by atoms with E-state index >= 15 is 0 Å². The first kappa shape index (κ1) is 7.03. The van der Waals surface area contributed by atoms with Crippen molar-refractivity contribution in [2.45, 2.75) is 20.3 Å². The highest BCUT2D eigenvalue weighted by Gasteiger charge is 2.01. The summed E-state index contributed by atoms with van der Waals surface area (Å²) in [6, 6.07) is 0. The van der Waals surface area contributed by atoms with Gasteiger partial charge in [-0.15, -0.1) is 11.3 Å². The van der Waals surface area contributed by atoms with Crippen LogP contribution in [0.15, 0.2) is 0 Å². The van der Waals surface area contributed by atoms with Crippen LogP contribution in [-0.4, -0.2) is 4.98 Å². The molecule has 0 atom stereocenters. The van der Waals surface area contributed by atoms with Gasteiger partial charge in [0, 0.05) is 4.88 Å². The van der Waals surface area contributed by atoms with E-state index in [-0.39, 0.29) is 0 Å². The lowest BCUT2D eigenvalue weighted by molar-refractivity contribution is 1.09. The van der Waals surface area contributed by atoms with E-state index in [0.717, 1.165) is 16.3 Å². The molecule has 0 saturated carbocycles. The predicted molar refractivity (Wildman–Crippen MR) is 41.2 cm³/mol. The first-order valence-corrected chi connectivity index (χ1v) is 4.05. The zero-order chi connectivity index (χ0) is 6.85. The predicted octanol–water partition coefficient (Wildman–Crippen LogP) is 2.67. The number of halogens is 1. The van der Waals surface area contributed by atoms with Crippen molar-refractivity contribution >= 4 is 22.9 Å². The number of rotatable bonds is 1. The minimum Gasteiger partial charge on any atom is -0.229 e. The van der Waals surface area contributed by atoms with Gasteiger partial charge in [-0.25, -0.2) is 4.98 Å². The third-order valence-electron chi connectivity index (χ3n) is 1.09. The van der Waals surface area contributed by atoms with E-state index in [1.165, 1.54) is 0 Å². The van der Waals surface area contributed by atoms with E-state index < -0.39 is 0 Å². The highest BCUT2D eigenvalue weighted by molar-refractivity contribution is 7.12. The van der Waals surface area contributed by atoms with Crippen molar-refractivity contribution < 1.29 is 0 Å². The van der Waals surface area contributed by atoms with Crippen LogP contribution in [0.5, 0.6) is 0 Å². The number of aryl methyl sites for hydroxylation is 2. The molecule has 0 unspecified atom stereocenters. The molecule has 0 aromatic carbocycles. The Morgan fingerprint density at radius 3 is 2.56 bits per heavy atom. The molecule has 1 rings (SSSR count). The van der Waals surface area contributed by atoms with Crippen LogP contribution in [0, 0.1) is 6.92 Å². The van der Waals surface area contributed by atoms with E-state index in [4.69, 9.17) is 11.6 Å². The Morgan fingerprint density at radius 2 is 2.33 bits per heavy atom. The van der Waals surface area contributed by atoms with Gasteiger partial charge in [0.15, 0.2) is 0 Å². The maximum atomic E-state index is 5.71. The fourth-order valence-electron chi connectivity index (χ4n) is 0.581. The monoisotopic (exact) mass is 161 g/mol. The van der Waals surface area contributed by atoms with E-state index in [0.29, 0.717) is 5.15 Å². The zero-order valence-corrected chi connectivity index (χ0v) is 7.01. The summed E-state index contributed by atoms with van der Waals surface area (Å²) in [5.74, 6) is 0. The lowest BCUT2D eigenvalue weighted by Gasteiger charge is -1.78. The summed E-state index contributed by atoms with van der Waals surface area (Å²) < 4.78 is 0. The van der Waals surface area contributed by atoms with Gasteiger partial charge in [0.05, 0.1) is 5.01 Å². The highest BCUT2D eigenvalue weighted by atomic mass is 35.5. The summed E-state index contributed by atoms with van der Waals surface area (Å²) in [6.07, 6.45) is 0.984. The van der Waals surface area contributed by atoms with Crippen LogP contribution in [0.4, 0.5) is 0 Å². The molecule has 50 valence electrons. The number of thiazole rings is 1. The maximum absolute atomic E-state index is 5.71. The standard InChI is InChI=1S/C6H8ClNS/c1-3-5-8-6(7)4(2)9-5/h3H2,1-2H3. The van der Waals surface area contributed by atoms with Gasteiger partial charge in [-0.3, -0.25) is 0 Å². The Morgan fingerprint density at radius 1 is 1.67 bits per heavy atom. The van der Waals surface area contributed by atoms with Crippen molar-refractivity contribution in [3.8, 4) is 0 Å². The molecule has 0 N–H and O–H groups in total. The fraction of sp³-hybridized carbons (Fsp3) is 0.500. The molecular formula is C6H8ClNS. The molecule has 1 nitrogen and oxygen atoms in total. The molecule has 0 aliphatic heterocycles. The number of nitrogens with zero attached hydrogens (tertiary/aromatic N) is 1. The zero-order valence-electron chi connectivity index (χ0n) is 5.44. The van der Waals surface area contributed by atoms with Crippen LogP contribution in [0.25, 0.3) is 0 Å². The quantitative estimate of drug-likeness (QED) is 0.617. The van der Waals surface area contributed by atoms with Gasteiger partial charge in [-0.05, 0) is 13.3 Å². The van der Waals surface area contributed by atoms with Crippen LogP contribution >= 0.6 is 22.9 Å². The maximum Gasteiger partial charge on any atom is 0.143 e. The Balaban J connectivity index is 2.98. The molecule has 1 heterocycles. The lowest BCUT2D eigenvalue weighted by atomic mass is 10.5. The highest BCUT2D eigenvalue weighted by Crippen LogP contribution is 2.21. The first-order valence-electron chi connectivity index (χ1n) is 2.86. The van der Waals surface area contributed by atoms with E-state index in [2.05, 4.69) is 11.9 Å². The summed E-state index contributed by atoms with van der Waals surface area (Å²) in [5, 5.41) is 1.79. The SMILES string of the molecule is CCc1nc(Cl)c(C)s1.